The standard InChI is InChI=1S/C18H26N2O5/c1-17(2,3)25-16(24)20-18(4,5)15(23)19-13(14(21)22)11-12-9-7-6-8-10-12/h6-10,13H,11H2,1-5H3,(H,19,23)(H,20,24)(H,21,22). The van der Waals surface area contributed by atoms with Gasteiger partial charge in [-0.05, 0) is 40.2 Å². The summed E-state index contributed by atoms with van der Waals surface area (Å²) in [6.07, 6.45) is -0.604. The molecule has 7 heteroatoms. The molecular weight excluding hydrogens is 324 g/mol. The second kappa shape index (κ2) is 8.00. The largest absolute Gasteiger partial charge is 0.480 e. The molecule has 2 amide bonds. The van der Waals surface area contributed by atoms with Crippen LogP contribution in [0.3, 0.4) is 0 Å². The molecule has 0 aliphatic heterocycles. The number of ether oxygens (including phenoxy) is 1. The van der Waals surface area contributed by atoms with Gasteiger partial charge in [-0.2, -0.15) is 0 Å². The molecule has 0 aromatic heterocycles. The SMILES string of the molecule is CC(C)(C)OC(=O)NC(C)(C)C(=O)NC(Cc1ccccc1)C(=O)O. The van der Waals surface area contributed by atoms with E-state index in [2.05, 4.69) is 10.6 Å². The van der Waals surface area contributed by atoms with Crippen molar-refractivity contribution in [1.82, 2.24) is 10.6 Å². The Labute approximate surface area is 147 Å². The summed E-state index contributed by atoms with van der Waals surface area (Å²) < 4.78 is 5.13. The highest BCUT2D eigenvalue weighted by Gasteiger charge is 2.34. The number of aliphatic carboxylic acids is 1. The first-order valence-corrected chi connectivity index (χ1v) is 7.99. The lowest BCUT2D eigenvalue weighted by molar-refractivity contribution is -0.142. The van der Waals surface area contributed by atoms with Crippen molar-refractivity contribution in [2.24, 2.45) is 0 Å². The highest BCUT2D eigenvalue weighted by Crippen LogP contribution is 2.11. The van der Waals surface area contributed by atoms with E-state index in [1.807, 2.05) is 6.07 Å². The first-order chi connectivity index (χ1) is 11.4. The first kappa shape index (κ1) is 20.5. The number of carbonyl (C=O) groups excluding carboxylic acids is 2. The Morgan fingerprint density at radius 3 is 2.12 bits per heavy atom. The van der Waals surface area contributed by atoms with E-state index in [9.17, 15) is 19.5 Å². The van der Waals surface area contributed by atoms with Crippen LogP contribution in [0.5, 0.6) is 0 Å². The molecule has 0 saturated carbocycles. The van der Waals surface area contributed by atoms with Crippen LogP contribution in [0.1, 0.15) is 40.2 Å². The average molecular weight is 350 g/mol. The molecule has 0 saturated heterocycles. The number of carboxylic acid groups (broad SMARTS) is 1. The van der Waals surface area contributed by atoms with E-state index >= 15 is 0 Å². The van der Waals surface area contributed by atoms with Crippen LogP contribution in [-0.4, -0.2) is 40.3 Å². The molecule has 0 bridgehead atoms. The minimum absolute atomic E-state index is 0.143. The van der Waals surface area contributed by atoms with Gasteiger partial charge in [0.05, 0.1) is 0 Å². The summed E-state index contributed by atoms with van der Waals surface area (Å²) in [5, 5.41) is 14.3. The van der Waals surface area contributed by atoms with Gasteiger partial charge in [-0.25, -0.2) is 9.59 Å². The number of alkyl carbamates (subject to hydrolysis) is 1. The summed E-state index contributed by atoms with van der Waals surface area (Å²) in [6.45, 7) is 8.08. The number of benzene rings is 1. The highest BCUT2D eigenvalue weighted by molar-refractivity contribution is 5.92. The van der Waals surface area contributed by atoms with Gasteiger partial charge in [0.2, 0.25) is 5.91 Å². The second-order valence-corrected chi connectivity index (χ2v) is 7.31. The normalized spacial score (nSPS) is 12.8. The molecule has 0 heterocycles. The number of rotatable bonds is 6. The Bertz CT molecular complexity index is 620. The number of hydrogen-bond donors (Lipinski definition) is 3. The fourth-order valence-electron chi connectivity index (χ4n) is 2.00. The van der Waals surface area contributed by atoms with E-state index in [0.717, 1.165) is 5.56 Å². The van der Waals surface area contributed by atoms with Crippen LogP contribution >= 0.6 is 0 Å². The summed E-state index contributed by atoms with van der Waals surface area (Å²) in [5.41, 5.74) is -1.24. The predicted molar refractivity (Wildman–Crippen MR) is 93.2 cm³/mol. The van der Waals surface area contributed by atoms with Crippen molar-refractivity contribution in [3.8, 4) is 0 Å². The third-order valence-corrected chi connectivity index (χ3v) is 3.27. The monoisotopic (exact) mass is 350 g/mol. The smallest absolute Gasteiger partial charge is 0.408 e. The molecule has 25 heavy (non-hydrogen) atoms. The number of nitrogens with one attached hydrogen (secondary N) is 2. The van der Waals surface area contributed by atoms with Gasteiger partial charge in [0.25, 0.3) is 0 Å². The molecule has 138 valence electrons. The number of amides is 2. The summed E-state index contributed by atoms with van der Waals surface area (Å²) in [5.74, 6) is -1.76. The number of hydrogen-bond acceptors (Lipinski definition) is 4. The molecule has 0 aliphatic carbocycles. The van der Waals surface area contributed by atoms with E-state index < -0.39 is 35.2 Å². The summed E-state index contributed by atoms with van der Waals surface area (Å²) in [4.78, 5) is 35.7. The molecule has 1 aromatic carbocycles. The molecule has 0 radical (unpaired) electrons. The maximum atomic E-state index is 12.4. The zero-order valence-electron chi connectivity index (χ0n) is 15.3. The lowest BCUT2D eigenvalue weighted by Crippen LogP contribution is -2.58. The van der Waals surface area contributed by atoms with Crippen molar-refractivity contribution in [3.05, 3.63) is 35.9 Å². The van der Waals surface area contributed by atoms with Crippen molar-refractivity contribution < 1.29 is 24.2 Å². The van der Waals surface area contributed by atoms with Crippen molar-refractivity contribution in [3.63, 3.8) is 0 Å². The summed E-state index contributed by atoms with van der Waals surface area (Å²) >= 11 is 0. The van der Waals surface area contributed by atoms with Gasteiger partial charge in [0.1, 0.15) is 17.2 Å². The zero-order chi connectivity index (χ0) is 19.3. The molecule has 1 rings (SSSR count). The van der Waals surface area contributed by atoms with E-state index in [-0.39, 0.29) is 6.42 Å². The lowest BCUT2D eigenvalue weighted by Gasteiger charge is -2.29. The Morgan fingerprint density at radius 2 is 1.64 bits per heavy atom. The van der Waals surface area contributed by atoms with Gasteiger partial charge < -0.3 is 20.5 Å². The average Bonchev–Trinajstić information content (AvgIpc) is 2.44. The maximum absolute atomic E-state index is 12.4. The first-order valence-electron chi connectivity index (χ1n) is 7.99. The van der Waals surface area contributed by atoms with E-state index in [1.54, 1.807) is 45.0 Å². The molecule has 0 aliphatic rings. The maximum Gasteiger partial charge on any atom is 0.408 e. The van der Waals surface area contributed by atoms with Gasteiger partial charge >= 0.3 is 12.1 Å². The van der Waals surface area contributed by atoms with Gasteiger partial charge in [-0.3, -0.25) is 4.79 Å². The number of carboxylic acids is 1. The molecule has 3 N–H and O–H groups in total. The van der Waals surface area contributed by atoms with Crippen molar-refractivity contribution >= 4 is 18.0 Å². The van der Waals surface area contributed by atoms with Crippen molar-refractivity contribution in [2.45, 2.75) is 58.2 Å². The van der Waals surface area contributed by atoms with Crippen LogP contribution in [0.25, 0.3) is 0 Å². The fourth-order valence-corrected chi connectivity index (χ4v) is 2.00. The molecule has 1 unspecified atom stereocenters. The van der Waals surface area contributed by atoms with Crippen molar-refractivity contribution in [2.75, 3.05) is 0 Å². The fraction of sp³-hybridized carbons (Fsp3) is 0.500. The van der Waals surface area contributed by atoms with Crippen LogP contribution in [0.2, 0.25) is 0 Å². The Hall–Kier alpha value is -2.57. The Balaban J connectivity index is 2.75. The van der Waals surface area contributed by atoms with Gasteiger partial charge in [-0.1, -0.05) is 30.3 Å². The Morgan fingerprint density at radius 1 is 1.08 bits per heavy atom. The molecule has 0 spiro atoms. The van der Waals surface area contributed by atoms with Crippen LogP contribution in [0.4, 0.5) is 4.79 Å². The predicted octanol–water partition coefficient (Wildman–Crippen LogP) is 2.10. The zero-order valence-corrected chi connectivity index (χ0v) is 15.3. The Kier molecular flexibility index (Phi) is 6.55. The highest BCUT2D eigenvalue weighted by atomic mass is 16.6. The van der Waals surface area contributed by atoms with Crippen molar-refractivity contribution in [1.29, 1.82) is 0 Å². The van der Waals surface area contributed by atoms with Crippen LogP contribution < -0.4 is 10.6 Å². The van der Waals surface area contributed by atoms with Gasteiger partial charge in [0, 0.05) is 6.42 Å². The van der Waals surface area contributed by atoms with E-state index in [0.29, 0.717) is 0 Å². The minimum Gasteiger partial charge on any atom is -0.480 e. The molecule has 0 fully saturated rings. The molecule has 1 atom stereocenters. The van der Waals surface area contributed by atoms with Gasteiger partial charge in [-0.15, -0.1) is 0 Å². The quantitative estimate of drug-likeness (QED) is 0.729. The third-order valence-electron chi connectivity index (χ3n) is 3.27. The molecular formula is C18H26N2O5. The van der Waals surface area contributed by atoms with Gasteiger partial charge in [0.15, 0.2) is 0 Å². The summed E-state index contributed by atoms with van der Waals surface area (Å²) in [6, 6.07) is 7.88. The number of carbonyl (C=O) groups is 3. The van der Waals surface area contributed by atoms with Crippen LogP contribution in [0, 0.1) is 0 Å². The van der Waals surface area contributed by atoms with Crippen LogP contribution in [0.15, 0.2) is 30.3 Å². The molecule has 7 nitrogen and oxygen atoms in total. The molecule has 1 aromatic rings. The van der Waals surface area contributed by atoms with E-state index in [4.69, 9.17) is 4.74 Å². The van der Waals surface area contributed by atoms with E-state index in [1.165, 1.54) is 13.8 Å². The van der Waals surface area contributed by atoms with Crippen LogP contribution in [-0.2, 0) is 20.7 Å². The second-order valence-electron chi connectivity index (χ2n) is 7.31. The third kappa shape index (κ3) is 7.24. The lowest BCUT2D eigenvalue weighted by atomic mass is 10.0. The topological polar surface area (TPSA) is 105 Å². The minimum atomic E-state index is -1.33. The summed E-state index contributed by atoms with van der Waals surface area (Å²) in [7, 11) is 0.